The lowest BCUT2D eigenvalue weighted by Gasteiger charge is -2.13. The van der Waals surface area contributed by atoms with Crippen LogP contribution in [0.1, 0.15) is 12.1 Å². The van der Waals surface area contributed by atoms with Crippen molar-refractivity contribution in [3.8, 4) is 0 Å². The van der Waals surface area contributed by atoms with Crippen LogP contribution in [0.4, 0.5) is 5.13 Å². The zero-order valence-electron chi connectivity index (χ0n) is 7.73. The second kappa shape index (κ2) is 5.17. The van der Waals surface area contributed by atoms with Gasteiger partial charge in [-0.05, 0) is 0 Å². The summed E-state index contributed by atoms with van der Waals surface area (Å²) in [6, 6.07) is 0. The Kier molecular flexibility index (Phi) is 4.16. The smallest absolute Gasteiger partial charge is 0.305 e. The second-order valence-electron chi connectivity index (χ2n) is 2.82. The highest BCUT2D eigenvalue weighted by atomic mass is 35.5. The average Bonchev–Trinajstić information content (AvgIpc) is 2.62. The Bertz CT molecular complexity index is 316. The first kappa shape index (κ1) is 11.3. The third-order valence-corrected chi connectivity index (χ3v) is 2.94. The van der Waals surface area contributed by atoms with Gasteiger partial charge in [-0.2, -0.15) is 0 Å². The number of anilines is 1. The highest BCUT2D eigenvalue weighted by molar-refractivity contribution is 7.13. The van der Waals surface area contributed by atoms with Crippen molar-refractivity contribution in [3.63, 3.8) is 0 Å². The Morgan fingerprint density at radius 3 is 3.00 bits per heavy atom. The average molecular weight is 235 g/mol. The number of nitrogens with zero attached hydrogens (tertiary/aromatic N) is 2. The van der Waals surface area contributed by atoms with E-state index >= 15 is 0 Å². The van der Waals surface area contributed by atoms with Gasteiger partial charge in [0.05, 0.1) is 18.0 Å². The van der Waals surface area contributed by atoms with Crippen LogP contribution in [0.3, 0.4) is 0 Å². The van der Waals surface area contributed by atoms with Crippen LogP contribution in [0.25, 0.3) is 0 Å². The molecule has 1 rings (SSSR count). The molecule has 0 atom stereocenters. The molecule has 0 aliphatic rings. The molecule has 0 aliphatic carbocycles. The van der Waals surface area contributed by atoms with Gasteiger partial charge in [0.1, 0.15) is 0 Å². The van der Waals surface area contributed by atoms with E-state index < -0.39 is 5.97 Å². The molecule has 0 unspecified atom stereocenters. The topological polar surface area (TPSA) is 53.4 Å². The predicted molar refractivity (Wildman–Crippen MR) is 57.2 cm³/mol. The lowest BCUT2D eigenvalue weighted by atomic mass is 10.4. The minimum absolute atomic E-state index is 0.117. The van der Waals surface area contributed by atoms with Crippen molar-refractivity contribution in [2.24, 2.45) is 0 Å². The van der Waals surface area contributed by atoms with Crippen molar-refractivity contribution in [2.75, 3.05) is 18.5 Å². The highest BCUT2D eigenvalue weighted by Crippen LogP contribution is 2.20. The summed E-state index contributed by atoms with van der Waals surface area (Å²) in [7, 11) is 1.82. The van der Waals surface area contributed by atoms with Crippen LogP contribution in [0.5, 0.6) is 0 Å². The van der Waals surface area contributed by atoms with E-state index in [1.807, 2.05) is 17.3 Å². The Balaban J connectivity index is 2.51. The molecule has 78 valence electrons. The summed E-state index contributed by atoms with van der Waals surface area (Å²) in [6.45, 7) is 0.463. The largest absolute Gasteiger partial charge is 0.481 e. The normalized spacial score (nSPS) is 10.1. The SMILES string of the molecule is CN(CCC(=O)O)c1nc(CCl)cs1. The van der Waals surface area contributed by atoms with Gasteiger partial charge in [-0.3, -0.25) is 4.79 Å². The van der Waals surface area contributed by atoms with E-state index in [1.54, 1.807) is 0 Å². The van der Waals surface area contributed by atoms with Crippen molar-refractivity contribution in [3.05, 3.63) is 11.1 Å². The van der Waals surface area contributed by atoms with E-state index in [9.17, 15) is 4.79 Å². The maximum Gasteiger partial charge on any atom is 0.305 e. The van der Waals surface area contributed by atoms with E-state index in [0.29, 0.717) is 12.4 Å². The van der Waals surface area contributed by atoms with Gasteiger partial charge in [0.15, 0.2) is 5.13 Å². The zero-order valence-corrected chi connectivity index (χ0v) is 9.31. The number of hydrogen-bond donors (Lipinski definition) is 1. The summed E-state index contributed by atoms with van der Waals surface area (Å²) >= 11 is 7.08. The van der Waals surface area contributed by atoms with Gasteiger partial charge in [0.25, 0.3) is 0 Å². The van der Waals surface area contributed by atoms with Gasteiger partial charge in [-0.25, -0.2) is 4.98 Å². The zero-order chi connectivity index (χ0) is 10.6. The summed E-state index contributed by atoms with van der Waals surface area (Å²) in [5.41, 5.74) is 0.828. The molecule has 0 saturated heterocycles. The highest BCUT2D eigenvalue weighted by Gasteiger charge is 2.07. The lowest BCUT2D eigenvalue weighted by molar-refractivity contribution is -0.136. The minimum Gasteiger partial charge on any atom is -0.481 e. The molecule has 0 fully saturated rings. The van der Waals surface area contributed by atoms with E-state index in [4.69, 9.17) is 16.7 Å². The first-order valence-electron chi connectivity index (χ1n) is 4.06. The maximum absolute atomic E-state index is 10.3. The number of carboxylic acids is 1. The van der Waals surface area contributed by atoms with E-state index in [1.165, 1.54) is 11.3 Å². The van der Waals surface area contributed by atoms with E-state index in [-0.39, 0.29) is 6.42 Å². The van der Waals surface area contributed by atoms with Crippen molar-refractivity contribution in [1.82, 2.24) is 4.98 Å². The van der Waals surface area contributed by atoms with Crippen LogP contribution in [0, 0.1) is 0 Å². The molecule has 1 aromatic heterocycles. The molecule has 0 amide bonds. The lowest BCUT2D eigenvalue weighted by Crippen LogP contribution is -2.20. The van der Waals surface area contributed by atoms with Crippen molar-refractivity contribution >= 4 is 34.0 Å². The quantitative estimate of drug-likeness (QED) is 0.790. The third kappa shape index (κ3) is 3.16. The number of aromatic nitrogens is 1. The van der Waals surface area contributed by atoms with E-state index in [2.05, 4.69) is 4.98 Å². The fourth-order valence-corrected chi connectivity index (χ4v) is 1.94. The molecule has 0 aliphatic heterocycles. The molecule has 1 N–H and O–H groups in total. The Hall–Kier alpha value is -0.810. The second-order valence-corrected chi connectivity index (χ2v) is 3.92. The number of thiazole rings is 1. The fourth-order valence-electron chi connectivity index (χ4n) is 0.892. The molecule has 14 heavy (non-hydrogen) atoms. The first-order valence-corrected chi connectivity index (χ1v) is 5.48. The van der Waals surface area contributed by atoms with Gasteiger partial charge in [-0.15, -0.1) is 22.9 Å². The van der Waals surface area contributed by atoms with Crippen LogP contribution in [-0.2, 0) is 10.7 Å². The van der Waals surface area contributed by atoms with Gasteiger partial charge < -0.3 is 10.0 Å². The summed E-state index contributed by atoms with van der Waals surface area (Å²) < 4.78 is 0. The molecule has 6 heteroatoms. The van der Waals surface area contributed by atoms with Gasteiger partial charge >= 0.3 is 5.97 Å². The maximum atomic E-state index is 10.3. The molecule has 0 saturated carbocycles. The number of hydrogen-bond acceptors (Lipinski definition) is 4. The molecule has 0 radical (unpaired) electrons. The van der Waals surface area contributed by atoms with Crippen LogP contribution in [0.15, 0.2) is 5.38 Å². The number of halogens is 1. The number of aliphatic carboxylic acids is 1. The Labute approximate surface area is 91.1 Å². The van der Waals surface area contributed by atoms with Crippen LogP contribution in [0.2, 0.25) is 0 Å². The number of carboxylic acid groups (broad SMARTS) is 1. The molecule has 0 aromatic carbocycles. The van der Waals surface area contributed by atoms with Gasteiger partial charge in [0, 0.05) is 19.0 Å². The Morgan fingerprint density at radius 1 is 1.79 bits per heavy atom. The number of rotatable bonds is 5. The summed E-state index contributed by atoms with van der Waals surface area (Å²) in [5, 5.41) is 11.2. The molecule has 0 spiro atoms. The third-order valence-electron chi connectivity index (χ3n) is 1.66. The molecular formula is C8H11ClN2O2S. The molecule has 0 bridgehead atoms. The van der Waals surface area contributed by atoms with Gasteiger partial charge in [-0.1, -0.05) is 0 Å². The van der Waals surface area contributed by atoms with Crippen LogP contribution < -0.4 is 4.90 Å². The molecule has 1 heterocycles. The summed E-state index contributed by atoms with van der Waals surface area (Å²) in [6.07, 6.45) is 0.117. The number of carbonyl (C=O) groups is 1. The summed E-state index contributed by atoms with van der Waals surface area (Å²) in [4.78, 5) is 16.4. The van der Waals surface area contributed by atoms with Crippen molar-refractivity contribution < 1.29 is 9.90 Å². The number of alkyl halides is 1. The summed E-state index contributed by atoms with van der Waals surface area (Å²) in [5.74, 6) is -0.408. The Morgan fingerprint density at radius 2 is 2.50 bits per heavy atom. The van der Waals surface area contributed by atoms with Crippen LogP contribution in [-0.4, -0.2) is 29.7 Å². The van der Waals surface area contributed by atoms with Crippen molar-refractivity contribution in [2.45, 2.75) is 12.3 Å². The molecular weight excluding hydrogens is 224 g/mol. The minimum atomic E-state index is -0.800. The fraction of sp³-hybridized carbons (Fsp3) is 0.500. The van der Waals surface area contributed by atoms with Gasteiger partial charge in [0.2, 0.25) is 0 Å². The first-order chi connectivity index (χ1) is 6.63. The van der Waals surface area contributed by atoms with Crippen LogP contribution >= 0.6 is 22.9 Å². The van der Waals surface area contributed by atoms with E-state index in [0.717, 1.165) is 10.8 Å². The standard InChI is InChI=1S/C8H11ClN2O2S/c1-11(3-2-7(12)13)8-10-6(4-9)5-14-8/h5H,2-4H2,1H3,(H,12,13). The van der Waals surface area contributed by atoms with Crippen molar-refractivity contribution in [1.29, 1.82) is 0 Å². The monoisotopic (exact) mass is 234 g/mol. The molecule has 4 nitrogen and oxygen atoms in total. The predicted octanol–water partition coefficient (Wildman–Crippen LogP) is 1.79. The molecule has 1 aromatic rings.